The highest BCUT2D eigenvalue weighted by Gasteiger charge is 2.24. The average Bonchev–Trinajstić information content (AvgIpc) is 2.61. The predicted octanol–water partition coefficient (Wildman–Crippen LogP) is 2.69. The molecule has 1 atom stereocenters. The Hall–Kier alpha value is -2.01. The van der Waals surface area contributed by atoms with Gasteiger partial charge in [0.15, 0.2) is 5.82 Å². The van der Waals surface area contributed by atoms with Crippen LogP contribution in [0.5, 0.6) is 0 Å². The Kier molecular flexibility index (Phi) is 4.86. The molecular weight excluding hydrogens is 288 g/mol. The first-order valence-electron chi connectivity index (χ1n) is 8.29. The fourth-order valence-electron chi connectivity index (χ4n) is 3.18. The van der Waals surface area contributed by atoms with E-state index in [0.717, 1.165) is 48.8 Å². The third-order valence-corrected chi connectivity index (χ3v) is 4.72. The quantitative estimate of drug-likeness (QED) is 0.940. The van der Waals surface area contributed by atoms with Gasteiger partial charge in [0.25, 0.3) is 0 Å². The molecule has 0 amide bonds. The van der Waals surface area contributed by atoms with Gasteiger partial charge in [-0.15, -0.1) is 0 Å². The van der Waals surface area contributed by atoms with E-state index in [0.29, 0.717) is 11.8 Å². The normalized spacial score (nSPS) is 17.3. The molecular formula is C18H24N4O. The van der Waals surface area contributed by atoms with Crippen LogP contribution in [0.1, 0.15) is 25.5 Å². The summed E-state index contributed by atoms with van der Waals surface area (Å²) in [5.74, 6) is 2.72. The second-order valence-corrected chi connectivity index (χ2v) is 6.42. The molecule has 1 aliphatic heterocycles. The minimum atomic E-state index is 0.280. The molecule has 0 bridgehead atoms. The molecule has 0 saturated carbocycles. The molecule has 0 aromatic carbocycles. The van der Waals surface area contributed by atoms with Crippen LogP contribution in [0.2, 0.25) is 0 Å². The smallest absolute Gasteiger partial charge is 0.163 e. The van der Waals surface area contributed by atoms with Crippen LogP contribution >= 0.6 is 0 Å². The van der Waals surface area contributed by atoms with Crippen molar-refractivity contribution >= 4 is 5.82 Å². The Labute approximate surface area is 137 Å². The summed E-state index contributed by atoms with van der Waals surface area (Å²) in [7, 11) is 0. The lowest BCUT2D eigenvalue weighted by Crippen LogP contribution is -2.37. The SMILES string of the molecule is Cc1cc(N2CCC(C(C)CO)CC2)nc(-c2cccnc2)n1. The van der Waals surface area contributed by atoms with Gasteiger partial charge in [-0.3, -0.25) is 4.98 Å². The van der Waals surface area contributed by atoms with Crippen LogP contribution in [0.3, 0.4) is 0 Å². The molecule has 0 aliphatic carbocycles. The highest BCUT2D eigenvalue weighted by molar-refractivity contribution is 5.56. The van der Waals surface area contributed by atoms with Crippen molar-refractivity contribution in [1.29, 1.82) is 0 Å². The van der Waals surface area contributed by atoms with Crippen LogP contribution in [0.25, 0.3) is 11.4 Å². The van der Waals surface area contributed by atoms with Crippen molar-refractivity contribution in [2.45, 2.75) is 26.7 Å². The van der Waals surface area contributed by atoms with Gasteiger partial charge in [-0.2, -0.15) is 0 Å². The second kappa shape index (κ2) is 7.04. The summed E-state index contributed by atoms with van der Waals surface area (Å²) in [5, 5.41) is 9.33. The van der Waals surface area contributed by atoms with E-state index < -0.39 is 0 Å². The summed E-state index contributed by atoms with van der Waals surface area (Å²) in [6.45, 7) is 6.39. The third-order valence-electron chi connectivity index (χ3n) is 4.72. The van der Waals surface area contributed by atoms with Crippen molar-refractivity contribution in [1.82, 2.24) is 15.0 Å². The predicted molar refractivity (Wildman–Crippen MR) is 91.2 cm³/mol. The lowest BCUT2D eigenvalue weighted by Gasteiger charge is -2.35. The van der Waals surface area contributed by atoms with E-state index in [1.807, 2.05) is 19.1 Å². The number of aryl methyl sites for hydroxylation is 1. The largest absolute Gasteiger partial charge is 0.396 e. The minimum absolute atomic E-state index is 0.280. The molecule has 1 unspecified atom stereocenters. The molecule has 2 aromatic rings. The zero-order valence-electron chi connectivity index (χ0n) is 13.8. The number of piperidine rings is 1. The van der Waals surface area contributed by atoms with E-state index in [-0.39, 0.29) is 6.61 Å². The summed E-state index contributed by atoms with van der Waals surface area (Å²) in [6.07, 6.45) is 5.76. The summed E-state index contributed by atoms with van der Waals surface area (Å²) in [5.41, 5.74) is 1.92. The molecule has 5 heteroatoms. The van der Waals surface area contributed by atoms with E-state index in [1.54, 1.807) is 12.4 Å². The van der Waals surface area contributed by atoms with Crippen molar-refractivity contribution in [2.75, 3.05) is 24.6 Å². The molecule has 1 saturated heterocycles. The van der Waals surface area contributed by atoms with Gasteiger partial charge in [-0.25, -0.2) is 9.97 Å². The van der Waals surface area contributed by atoms with Gasteiger partial charge in [-0.05, 0) is 43.7 Å². The van der Waals surface area contributed by atoms with Crippen molar-refractivity contribution in [3.63, 3.8) is 0 Å². The maximum absolute atomic E-state index is 9.33. The molecule has 122 valence electrons. The first-order valence-corrected chi connectivity index (χ1v) is 8.29. The number of rotatable bonds is 4. The first-order chi connectivity index (χ1) is 11.2. The summed E-state index contributed by atoms with van der Waals surface area (Å²) in [6, 6.07) is 5.94. The van der Waals surface area contributed by atoms with Crippen LogP contribution in [0.4, 0.5) is 5.82 Å². The van der Waals surface area contributed by atoms with Crippen molar-refractivity contribution < 1.29 is 5.11 Å². The van der Waals surface area contributed by atoms with Gasteiger partial charge < -0.3 is 10.0 Å². The molecule has 1 N–H and O–H groups in total. The van der Waals surface area contributed by atoms with Crippen LogP contribution < -0.4 is 4.90 Å². The summed E-state index contributed by atoms with van der Waals surface area (Å²) in [4.78, 5) is 15.8. The van der Waals surface area contributed by atoms with Crippen molar-refractivity contribution in [3.05, 3.63) is 36.3 Å². The van der Waals surface area contributed by atoms with Crippen molar-refractivity contribution in [2.24, 2.45) is 11.8 Å². The lowest BCUT2D eigenvalue weighted by atomic mass is 9.86. The molecule has 1 aliphatic rings. The number of anilines is 1. The fraction of sp³-hybridized carbons (Fsp3) is 0.500. The number of pyridine rings is 1. The fourth-order valence-corrected chi connectivity index (χ4v) is 3.18. The van der Waals surface area contributed by atoms with Crippen LogP contribution in [0, 0.1) is 18.8 Å². The summed E-state index contributed by atoms with van der Waals surface area (Å²) < 4.78 is 0. The Morgan fingerprint density at radius 1 is 1.30 bits per heavy atom. The number of aliphatic hydroxyl groups is 1. The van der Waals surface area contributed by atoms with E-state index >= 15 is 0 Å². The maximum Gasteiger partial charge on any atom is 0.163 e. The third kappa shape index (κ3) is 3.67. The van der Waals surface area contributed by atoms with Crippen LogP contribution in [-0.4, -0.2) is 39.8 Å². The molecule has 23 heavy (non-hydrogen) atoms. The Morgan fingerprint density at radius 2 is 2.09 bits per heavy atom. The molecule has 2 aromatic heterocycles. The van der Waals surface area contributed by atoms with Crippen LogP contribution in [0.15, 0.2) is 30.6 Å². The first kappa shape index (κ1) is 15.9. The minimum Gasteiger partial charge on any atom is -0.396 e. The molecule has 3 rings (SSSR count). The van der Waals surface area contributed by atoms with Gasteiger partial charge in [0, 0.05) is 49.4 Å². The topological polar surface area (TPSA) is 62.1 Å². The molecule has 0 spiro atoms. The average molecular weight is 312 g/mol. The second-order valence-electron chi connectivity index (χ2n) is 6.42. The number of aromatic nitrogens is 3. The lowest BCUT2D eigenvalue weighted by molar-refractivity contribution is 0.170. The van der Waals surface area contributed by atoms with Crippen molar-refractivity contribution in [3.8, 4) is 11.4 Å². The van der Waals surface area contributed by atoms with Gasteiger partial charge in [0.1, 0.15) is 5.82 Å². The Bertz CT molecular complexity index is 639. The molecule has 1 fully saturated rings. The molecule has 0 radical (unpaired) electrons. The molecule has 5 nitrogen and oxygen atoms in total. The van der Waals surface area contributed by atoms with E-state index in [2.05, 4.69) is 27.9 Å². The monoisotopic (exact) mass is 312 g/mol. The molecule has 3 heterocycles. The number of hydrogen-bond acceptors (Lipinski definition) is 5. The van der Waals surface area contributed by atoms with E-state index in [1.165, 1.54) is 0 Å². The highest BCUT2D eigenvalue weighted by atomic mass is 16.3. The van der Waals surface area contributed by atoms with Gasteiger partial charge >= 0.3 is 0 Å². The Morgan fingerprint density at radius 3 is 2.74 bits per heavy atom. The van der Waals surface area contributed by atoms with Gasteiger partial charge in [0.2, 0.25) is 0 Å². The van der Waals surface area contributed by atoms with E-state index in [9.17, 15) is 5.11 Å². The number of aliphatic hydroxyl groups excluding tert-OH is 1. The number of hydrogen-bond donors (Lipinski definition) is 1. The zero-order valence-corrected chi connectivity index (χ0v) is 13.8. The zero-order chi connectivity index (χ0) is 16.2. The van der Waals surface area contributed by atoms with Gasteiger partial charge in [0.05, 0.1) is 0 Å². The number of nitrogens with zero attached hydrogens (tertiary/aromatic N) is 4. The van der Waals surface area contributed by atoms with E-state index in [4.69, 9.17) is 4.98 Å². The maximum atomic E-state index is 9.33. The standard InChI is InChI=1S/C18H24N4O/c1-13(12-23)15-5-8-22(9-6-15)17-10-14(2)20-18(21-17)16-4-3-7-19-11-16/h3-4,7,10-11,13,15,23H,5-6,8-9,12H2,1-2H3. The highest BCUT2D eigenvalue weighted by Crippen LogP contribution is 2.28. The summed E-state index contributed by atoms with van der Waals surface area (Å²) >= 11 is 0. The van der Waals surface area contributed by atoms with Crippen LogP contribution in [-0.2, 0) is 0 Å². The van der Waals surface area contributed by atoms with Gasteiger partial charge in [-0.1, -0.05) is 6.92 Å². The Balaban J connectivity index is 1.78.